The first-order valence-corrected chi connectivity index (χ1v) is 12.2. The van der Waals surface area contributed by atoms with Crippen molar-refractivity contribution >= 4 is 52.4 Å². The van der Waals surface area contributed by atoms with E-state index in [1.807, 2.05) is 12.1 Å². The summed E-state index contributed by atoms with van der Waals surface area (Å²) < 4.78 is 16.3. The minimum absolute atomic E-state index is 0.227. The molecule has 0 saturated heterocycles. The van der Waals surface area contributed by atoms with Crippen LogP contribution in [-0.2, 0) is 4.79 Å². The molecule has 0 aliphatic carbocycles. The van der Waals surface area contributed by atoms with E-state index in [2.05, 4.69) is 47.1 Å². The van der Waals surface area contributed by atoms with E-state index >= 15 is 0 Å². The summed E-state index contributed by atoms with van der Waals surface area (Å²) in [6.45, 7) is 4.07. The van der Waals surface area contributed by atoms with Crippen LogP contribution in [0.25, 0.3) is 0 Å². The molecule has 0 heterocycles. The van der Waals surface area contributed by atoms with Gasteiger partial charge in [-0.15, -0.1) is 0 Å². The van der Waals surface area contributed by atoms with Crippen LogP contribution >= 0.6 is 23.8 Å². The molecule has 3 N–H and O–H groups in total. The summed E-state index contributed by atoms with van der Waals surface area (Å²) in [5.41, 5.74) is 6.16. The normalized spacial score (nSPS) is 10.8. The van der Waals surface area contributed by atoms with Gasteiger partial charge in [0, 0.05) is 16.8 Å². The predicted molar refractivity (Wildman–Crippen MR) is 153 cm³/mol. The Morgan fingerprint density at radius 3 is 2.38 bits per heavy atom. The number of hydrogen-bond acceptors (Lipinski definition) is 6. The van der Waals surface area contributed by atoms with Crippen molar-refractivity contribution in [2.45, 2.75) is 19.8 Å². The summed E-state index contributed by atoms with van der Waals surface area (Å²) in [5, 5.41) is 10.9. The molecule has 0 aliphatic rings. The van der Waals surface area contributed by atoms with Crippen LogP contribution in [0.4, 0.5) is 11.4 Å². The van der Waals surface area contributed by atoms with Gasteiger partial charge in [-0.1, -0.05) is 37.6 Å². The molecule has 0 aliphatic heterocycles. The number of carbonyl (C=O) groups is 1. The summed E-state index contributed by atoms with van der Waals surface area (Å²) in [5.74, 6) is 1.42. The third-order valence-corrected chi connectivity index (χ3v) is 5.63. The Hall–Kier alpha value is -3.82. The number of ether oxygens (including phenoxy) is 3. The van der Waals surface area contributed by atoms with Gasteiger partial charge in [-0.2, -0.15) is 5.10 Å². The fraction of sp³-hybridized carbons (Fsp3) is 0.222. The molecular formula is C27H29ClN4O4S. The Balaban J connectivity index is 1.53. The number of methoxy groups -OCH3 is 2. The lowest BCUT2D eigenvalue weighted by Gasteiger charge is -2.13. The Kier molecular flexibility index (Phi) is 10.1. The van der Waals surface area contributed by atoms with Gasteiger partial charge in [-0.05, 0) is 71.7 Å². The van der Waals surface area contributed by atoms with Gasteiger partial charge in [-0.3, -0.25) is 10.2 Å². The largest absolute Gasteiger partial charge is 0.495 e. The number of halogens is 1. The average molecular weight is 541 g/mol. The molecule has 0 radical (unpaired) electrons. The quantitative estimate of drug-likeness (QED) is 0.169. The number of carbonyl (C=O) groups excluding carboxylic acids is 1. The number of thiocarbonyl (C=S) groups is 1. The Morgan fingerprint density at radius 2 is 1.70 bits per heavy atom. The van der Waals surface area contributed by atoms with Gasteiger partial charge in [0.2, 0.25) is 0 Å². The van der Waals surface area contributed by atoms with Gasteiger partial charge in [0.25, 0.3) is 5.91 Å². The molecule has 3 rings (SSSR count). The number of nitrogens with one attached hydrogen (secondary N) is 3. The van der Waals surface area contributed by atoms with Gasteiger partial charge < -0.3 is 24.8 Å². The van der Waals surface area contributed by atoms with E-state index in [9.17, 15) is 4.79 Å². The zero-order valence-electron chi connectivity index (χ0n) is 21.0. The van der Waals surface area contributed by atoms with Gasteiger partial charge in [0.15, 0.2) is 23.2 Å². The van der Waals surface area contributed by atoms with Crippen LogP contribution < -0.4 is 30.3 Å². The van der Waals surface area contributed by atoms with Crippen LogP contribution in [0.2, 0.25) is 5.02 Å². The van der Waals surface area contributed by atoms with Gasteiger partial charge in [0.1, 0.15) is 5.75 Å². The number of rotatable bonds is 10. The first kappa shape index (κ1) is 27.8. The fourth-order valence-corrected chi connectivity index (χ4v) is 3.59. The lowest BCUT2D eigenvalue weighted by molar-refractivity contribution is -0.118. The number of hydrogen-bond donors (Lipinski definition) is 3. The highest BCUT2D eigenvalue weighted by molar-refractivity contribution is 7.80. The second kappa shape index (κ2) is 13.5. The van der Waals surface area contributed by atoms with Crippen LogP contribution in [-0.4, -0.2) is 38.1 Å². The molecular weight excluding hydrogens is 512 g/mol. The van der Waals surface area contributed by atoms with E-state index in [1.54, 1.807) is 42.6 Å². The first-order valence-electron chi connectivity index (χ1n) is 11.4. The summed E-state index contributed by atoms with van der Waals surface area (Å²) in [6, 6.07) is 18.2. The SMILES string of the molecule is COc1cc(Cl)ccc1NC(=O)COc1ccc(/C=N/NC(=S)Nc2ccc(C(C)C)cc2)cc1OC. The lowest BCUT2D eigenvalue weighted by atomic mass is 10.0. The Labute approximate surface area is 227 Å². The maximum atomic E-state index is 12.4. The highest BCUT2D eigenvalue weighted by atomic mass is 35.5. The van der Waals surface area contributed by atoms with Gasteiger partial charge in [-0.25, -0.2) is 0 Å². The topological polar surface area (TPSA) is 93.2 Å². The molecule has 0 spiro atoms. The zero-order chi connectivity index (χ0) is 26.8. The first-order chi connectivity index (χ1) is 17.8. The predicted octanol–water partition coefficient (Wildman–Crippen LogP) is 5.82. The fourth-order valence-electron chi connectivity index (χ4n) is 3.26. The molecule has 0 fully saturated rings. The molecule has 0 unspecified atom stereocenters. The molecule has 8 nitrogen and oxygen atoms in total. The molecule has 0 bridgehead atoms. The Bertz CT molecular complexity index is 1270. The third kappa shape index (κ3) is 8.37. The van der Waals surface area contributed by atoms with Crippen molar-refractivity contribution in [2.75, 3.05) is 31.5 Å². The summed E-state index contributed by atoms with van der Waals surface area (Å²) >= 11 is 11.3. The number of hydrazone groups is 1. The van der Waals surface area contributed by atoms with E-state index in [4.69, 9.17) is 38.0 Å². The Morgan fingerprint density at radius 1 is 0.973 bits per heavy atom. The van der Waals surface area contributed by atoms with Crippen molar-refractivity contribution in [2.24, 2.45) is 5.10 Å². The smallest absolute Gasteiger partial charge is 0.262 e. The van der Waals surface area contributed by atoms with E-state index in [-0.39, 0.29) is 12.5 Å². The molecule has 194 valence electrons. The number of anilines is 2. The molecule has 3 aromatic carbocycles. The van der Waals surface area contributed by atoms with Crippen LogP contribution in [0.15, 0.2) is 65.8 Å². The molecule has 0 atom stereocenters. The van der Waals surface area contributed by atoms with E-state index in [0.717, 1.165) is 11.3 Å². The minimum Gasteiger partial charge on any atom is -0.495 e. The molecule has 3 aromatic rings. The maximum absolute atomic E-state index is 12.4. The van der Waals surface area contributed by atoms with Crippen molar-refractivity contribution in [1.82, 2.24) is 5.43 Å². The third-order valence-electron chi connectivity index (χ3n) is 5.20. The standard InChI is InChI=1S/C27H29ClN4O4S/c1-17(2)19-6-9-21(10-7-19)30-27(37)32-29-15-18-5-12-23(25(13-18)35-4)36-16-26(33)31-22-11-8-20(28)14-24(22)34-3/h5-15,17H,16H2,1-4H3,(H,31,33)(H2,30,32,37)/b29-15+. The summed E-state index contributed by atoms with van der Waals surface area (Å²) in [4.78, 5) is 12.4. The highest BCUT2D eigenvalue weighted by Gasteiger charge is 2.11. The van der Waals surface area contributed by atoms with Crippen molar-refractivity contribution in [3.05, 3.63) is 76.8 Å². The van der Waals surface area contributed by atoms with Crippen molar-refractivity contribution in [1.29, 1.82) is 0 Å². The van der Waals surface area contributed by atoms with E-state index in [0.29, 0.717) is 39.0 Å². The summed E-state index contributed by atoms with van der Waals surface area (Å²) in [7, 11) is 3.02. The van der Waals surface area contributed by atoms with Crippen LogP contribution in [0.1, 0.15) is 30.9 Å². The molecule has 0 saturated carbocycles. The molecule has 10 heteroatoms. The van der Waals surface area contributed by atoms with Crippen molar-refractivity contribution in [3.63, 3.8) is 0 Å². The van der Waals surface area contributed by atoms with Crippen molar-refractivity contribution in [3.8, 4) is 17.2 Å². The second-order valence-corrected chi connectivity index (χ2v) is 9.04. The van der Waals surface area contributed by atoms with Gasteiger partial charge >= 0.3 is 0 Å². The van der Waals surface area contributed by atoms with Crippen LogP contribution in [0.3, 0.4) is 0 Å². The number of nitrogens with zero attached hydrogens (tertiary/aromatic N) is 1. The number of amides is 1. The van der Waals surface area contributed by atoms with Crippen LogP contribution in [0.5, 0.6) is 17.2 Å². The second-order valence-electron chi connectivity index (χ2n) is 8.19. The van der Waals surface area contributed by atoms with Crippen LogP contribution in [0, 0.1) is 0 Å². The molecule has 0 aromatic heterocycles. The zero-order valence-corrected chi connectivity index (χ0v) is 22.6. The minimum atomic E-state index is -0.364. The van der Waals surface area contributed by atoms with E-state index < -0.39 is 0 Å². The monoisotopic (exact) mass is 540 g/mol. The average Bonchev–Trinajstić information content (AvgIpc) is 2.89. The van der Waals surface area contributed by atoms with E-state index in [1.165, 1.54) is 19.8 Å². The number of benzene rings is 3. The van der Waals surface area contributed by atoms with Gasteiger partial charge in [0.05, 0.1) is 26.1 Å². The highest BCUT2D eigenvalue weighted by Crippen LogP contribution is 2.29. The summed E-state index contributed by atoms with van der Waals surface area (Å²) in [6.07, 6.45) is 1.60. The maximum Gasteiger partial charge on any atom is 0.262 e. The molecule has 1 amide bonds. The lowest BCUT2D eigenvalue weighted by Crippen LogP contribution is -2.23. The van der Waals surface area contributed by atoms with Crippen molar-refractivity contribution < 1.29 is 19.0 Å². The molecule has 37 heavy (non-hydrogen) atoms.